The second kappa shape index (κ2) is 10.8. The van der Waals surface area contributed by atoms with E-state index in [2.05, 4.69) is 62.1 Å². The molecule has 0 aliphatic carbocycles. The zero-order valence-corrected chi connectivity index (χ0v) is 20.9. The summed E-state index contributed by atoms with van der Waals surface area (Å²) in [5, 5.41) is 10.5. The Bertz CT molecular complexity index is 1360. The predicted molar refractivity (Wildman–Crippen MR) is 145 cm³/mol. The molecular formula is C27H30N6OS. The van der Waals surface area contributed by atoms with Crippen LogP contribution in [-0.2, 0) is 13.0 Å². The minimum atomic E-state index is -0.109. The predicted octanol–water partition coefficient (Wildman–Crippen LogP) is 4.03. The van der Waals surface area contributed by atoms with Crippen LogP contribution in [-0.4, -0.2) is 41.0 Å². The number of amides is 1. The molecule has 5 rings (SSSR count). The van der Waals surface area contributed by atoms with E-state index >= 15 is 0 Å². The summed E-state index contributed by atoms with van der Waals surface area (Å²) in [6.45, 7) is 4.76. The van der Waals surface area contributed by atoms with Crippen LogP contribution in [0.1, 0.15) is 39.9 Å². The Kier molecular flexibility index (Phi) is 7.63. The standard InChI is InChI=1S/C27H28N6O.H2S/c1-17(21-4-3-5-22-23(27(34)28-2)9-11-30-26(21)22)14-31-25-13-24(32-16-33-25)19-7-6-18-8-10-29-15-20(18)12-19;/h3-7,9,11-13,16-17,29H,8,10,14-15H2,1-2H3,(H,28,34)(H,31,32,33);1H2/t17-;/m1./s1. The van der Waals surface area contributed by atoms with Gasteiger partial charge in [-0.1, -0.05) is 37.3 Å². The van der Waals surface area contributed by atoms with Gasteiger partial charge in [0, 0.05) is 49.3 Å². The minimum Gasteiger partial charge on any atom is -0.369 e. The van der Waals surface area contributed by atoms with E-state index in [1.165, 1.54) is 11.1 Å². The summed E-state index contributed by atoms with van der Waals surface area (Å²) >= 11 is 0. The van der Waals surface area contributed by atoms with Gasteiger partial charge in [0.15, 0.2) is 0 Å². The van der Waals surface area contributed by atoms with Crippen molar-refractivity contribution in [3.63, 3.8) is 0 Å². The average molecular weight is 487 g/mol. The van der Waals surface area contributed by atoms with E-state index in [-0.39, 0.29) is 25.3 Å². The molecule has 0 fully saturated rings. The molecule has 3 heterocycles. The number of pyridine rings is 1. The normalized spacial score (nSPS) is 13.4. The topological polar surface area (TPSA) is 91.8 Å². The number of para-hydroxylation sites is 1. The molecule has 2 aromatic carbocycles. The average Bonchev–Trinajstić information content (AvgIpc) is 2.90. The molecule has 35 heavy (non-hydrogen) atoms. The summed E-state index contributed by atoms with van der Waals surface area (Å²) in [5.74, 6) is 0.832. The molecule has 0 bridgehead atoms. The van der Waals surface area contributed by atoms with Gasteiger partial charge in [-0.05, 0) is 41.8 Å². The van der Waals surface area contributed by atoms with Crippen molar-refractivity contribution in [3.05, 3.63) is 83.3 Å². The lowest BCUT2D eigenvalue weighted by atomic mass is 9.96. The van der Waals surface area contributed by atoms with Crippen molar-refractivity contribution in [2.24, 2.45) is 0 Å². The second-order valence-corrected chi connectivity index (χ2v) is 8.66. The maximum Gasteiger partial charge on any atom is 0.251 e. The highest BCUT2D eigenvalue weighted by atomic mass is 32.1. The van der Waals surface area contributed by atoms with Gasteiger partial charge < -0.3 is 16.0 Å². The van der Waals surface area contributed by atoms with Crippen molar-refractivity contribution < 1.29 is 4.79 Å². The zero-order valence-electron chi connectivity index (χ0n) is 19.9. The lowest BCUT2D eigenvalue weighted by Gasteiger charge is -2.18. The maximum atomic E-state index is 12.3. The van der Waals surface area contributed by atoms with Crippen LogP contribution in [0.15, 0.2) is 61.1 Å². The van der Waals surface area contributed by atoms with Crippen LogP contribution >= 0.6 is 13.5 Å². The Balaban J connectivity index is 0.00000289. The molecule has 1 atom stereocenters. The number of hydrogen-bond acceptors (Lipinski definition) is 6. The van der Waals surface area contributed by atoms with E-state index in [1.54, 1.807) is 25.6 Å². The van der Waals surface area contributed by atoms with Crippen LogP contribution in [0.25, 0.3) is 22.2 Å². The molecule has 1 amide bonds. The monoisotopic (exact) mass is 486 g/mol. The van der Waals surface area contributed by atoms with E-state index in [0.29, 0.717) is 12.1 Å². The quantitative estimate of drug-likeness (QED) is 0.381. The van der Waals surface area contributed by atoms with Crippen molar-refractivity contribution in [2.45, 2.75) is 25.8 Å². The van der Waals surface area contributed by atoms with Gasteiger partial charge in [0.05, 0.1) is 16.8 Å². The van der Waals surface area contributed by atoms with E-state index < -0.39 is 0 Å². The smallest absolute Gasteiger partial charge is 0.251 e. The number of rotatable bonds is 6. The molecule has 180 valence electrons. The third kappa shape index (κ3) is 5.13. The third-order valence-corrected chi connectivity index (χ3v) is 6.45. The number of benzene rings is 2. The first-order valence-electron chi connectivity index (χ1n) is 11.6. The fraction of sp³-hybridized carbons (Fsp3) is 0.259. The van der Waals surface area contributed by atoms with Gasteiger partial charge in [0.2, 0.25) is 0 Å². The molecule has 0 spiro atoms. The van der Waals surface area contributed by atoms with Crippen molar-refractivity contribution in [1.29, 1.82) is 0 Å². The van der Waals surface area contributed by atoms with Crippen molar-refractivity contribution in [3.8, 4) is 11.3 Å². The first kappa shape index (κ1) is 24.6. The Labute approximate surface area is 212 Å². The maximum absolute atomic E-state index is 12.3. The van der Waals surface area contributed by atoms with Gasteiger partial charge >= 0.3 is 0 Å². The Hall–Kier alpha value is -3.49. The van der Waals surface area contributed by atoms with Gasteiger partial charge in [0.1, 0.15) is 12.1 Å². The van der Waals surface area contributed by atoms with Crippen LogP contribution < -0.4 is 16.0 Å². The van der Waals surface area contributed by atoms with Crippen LogP contribution in [0, 0.1) is 0 Å². The number of hydrogen-bond donors (Lipinski definition) is 3. The van der Waals surface area contributed by atoms with Crippen molar-refractivity contribution in [2.75, 3.05) is 25.5 Å². The molecular weight excluding hydrogens is 456 g/mol. The number of anilines is 1. The third-order valence-electron chi connectivity index (χ3n) is 6.45. The fourth-order valence-corrected chi connectivity index (χ4v) is 4.55. The zero-order chi connectivity index (χ0) is 23.5. The number of carbonyl (C=O) groups excluding carboxylic acids is 1. The highest BCUT2D eigenvalue weighted by Gasteiger charge is 2.16. The van der Waals surface area contributed by atoms with Gasteiger partial charge in [-0.25, -0.2) is 9.97 Å². The molecule has 0 unspecified atom stereocenters. The molecule has 4 aromatic rings. The minimum absolute atomic E-state index is 0. The van der Waals surface area contributed by atoms with Crippen molar-refractivity contribution >= 4 is 36.1 Å². The number of carbonyl (C=O) groups is 1. The number of nitrogens with zero attached hydrogens (tertiary/aromatic N) is 3. The van der Waals surface area contributed by atoms with Crippen LogP contribution in [0.3, 0.4) is 0 Å². The van der Waals surface area contributed by atoms with E-state index in [9.17, 15) is 4.79 Å². The molecule has 7 nitrogen and oxygen atoms in total. The van der Waals surface area contributed by atoms with Gasteiger partial charge in [0.25, 0.3) is 5.91 Å². The molecule has 2 aromatic heterocycles. The Morgan fingerprint density at radius 3 is 2.83 bits per heavy atom. The molecule has 0 saturated carbocycles. The SMILES string of the molecule is CNC(=O)c1ccnc2c([C@H](C)CNc3cc(-c4ccc5c(c4)CNCC5)ncn3)cccc12.S. The lowest BCUT2D eigenvalue weighted by molar-refractivity contribution is 0.0964. The van der Waals surface area contributed by atoms with Gasteiger partial charge in [-0.3, -0.25) is 9.78 Å². The van der Waals surface area contributed by atoms with Gasteiger partial charge in [-0.2, -0.15) is 13.5 Å². The van der Waals surface area contributed by atoms with Crippen LogP contribution in [0.2, 0.25) is 0 Å². The van der Waals surface area contributed by atoms with Crippen LogP contribution in [0.4, 0.5) is 5.82 Å². The second-order valence-electron chi connectivity index (χ2n) is 8.66. The summed E-state index contributed by atoms with van der Waals surface area (Å²) < 4.78 is 0. The Morgan fingerprint density at radius 2 is 1.97 bits per heavy atom. The summed E-state index contributed by atoms with van der Waals surface area (Å²) in [6, 6.07) is 16.3. The molecule has 8 heteroatoms. The summed E-state index contributed by atoms with van der Waals surface area (Å²) in [6.07, 6.45) is 4.37. The largest absolute Gasteiger partial charge is 0.369 e. The van der Waals surface area contributed by atoms with E-state index in [1.807, 2.05) is 18.2 Å². The van der Waals surface area contributed by atoms with E-state index in [0.717, 1.165) is 53.1 Å². The first-order chi connectivity index (χ1) is 16.6. The first-order valence-corrected chi connectivity index (χ1v) is 11.6. The fourth-order valence-electron chi connectivity index (χ4n) is 4.55. The van der Waals surface area contributed by atoms with Crippen LogP contribution in [0.5, 0.6) is 0 Å². The lowest BCUT2D eigenvalue weighted by Crippen LogP contribution is -2.23. The summed E-state index contributed by atoms with van der Waals surface area (Å²) in [7, 11) is 1.64. The molecule has 1 aliphatic rings. The number of aromatic nitrogens is 3. The highest BCUT2D eigenvalue weighted by molar-refractivity contribution is 7.59. The summed E-state index contributed by atoms with van der Waals surface area (Å²) in [5.41, 5.74) is 7.32. The number of nitrogens with one attached hydrogen (secondary N) is 3. The molecule has 3 N–H and O–H groups in total. The Morgan fingerprint density at radius 1 is 1.09 bits per heavy atom. The van der Waals surface area contributed by atoms with Crippen molar-refractivity contribution in [1.82, 2.24) is 25.6 Å². The summed E-state index contributed by atoms with van der Waals surface area (Å²) in [4.78, 5) is 25.8. The van der Waals surface area contributed by atoms with Gasteiger partial charge in [-0.15, -0.1) is 0 Å². The number of fused-ring (bicyclic) bond motifs is 2. The molecule has 0 radical (unpaired) electrons. The molecule has 0 saturated heterocycles. The molecule has 1 aliphatic heterocycles. The van der Waals surface area contributed by atoms with E-state index in [4.69, 9.17) is 0 Å². The highest BCUT2D eigenvalue weighted by Crippen LogP contribution is 2.27.